The van der Waals surface area contributed by atoms with E-state index in [9.17, 15) is 14.4 Å². The number of fused-ring (bicyclic) bond motifs is 3. The van der Waals surface area contributed by atoms with Gasteiger partial charge >= 0.3 is 0 Å². The molecule has 2 aliphatic heterocycles. The number of carbonyl (C=O) groups excluding carboxylic acids is 3. The molecule has 3 aromatic rings. The van der Waals surface area contributed by atoms with Gasteiger partial charge in [0.1, 0.15) is 4.91 Å². The number of carbonyl (C=O) groups is 3. The normalized spacial score (nSPS) is 19.9. The molecule has 1 fully saturated rings. The Balaban J connectivity index is 1.38. The Morgan fingerprint density at radius 3 is 2.17 bits per heavy atom. The summed E-state index contributed by atoms with van der Waals surface area (Å²) in [4.78, 5) is 49.5. The number of para-hydroxylation sites is 1. The molecule has 0 spiro atoms. The van der Waals surface area contributed by atoms with Gasteiger partial charge in [0.25, 0.3) is 5.91 Å². The van der Waals surface area contributed by atoms with E-state index in [0.717, 1.165) is 15.6 Å². The van der Waals surface area contributed by atoms with Gasteiger partial charge in [0.2, 0.25) is 0 Å². The summed E-state index contributed by atoms with van der Waals surface area (Å²) < 4.78 is 0. The highest BCUT2D eigenvalue weighted by Gasteiger charge is 2.38. The molecule has 35 heavy (non-hydrogen) atoms. The fourth-order valence-electron chi connectivity index (χ4n) is 4.47. The van der Waals surface area contributed by atoms with Gasteiger partial charge in [-0.1, -0.05) is 48.2 Å². The molecular weight excluding hydrogens is 478 g/mol. The second kappa shape index (κ2) is 8.25. The summed E-state index contributed by atoms with van der Waals surface area (Å²) in [6.45, 7) is 2.38. The molecule has 172 valence electrons. The van der Waals surface area contributed by atoms with Crippen LogP contribution in [0.1, 0.15) is 38.8 Å². The summed E-state index contributed by atoms with van der Waals surface area (Å²) in [7, 11) is 1.96. The van der Waals surface area contributed by atoms with Crippen molar-refractivity contribution in [2.24, 2.45) is 4.99 Å². The third-order valence-corrected chi connectivity index (χ3v) is 8.68. The number of benzene rings is 3. The standard InChI is InChI=1S/C27H19N3O3S2/c1-3-30-25(33)24(26-29(2)20-10-6-7-11-21(20)34-26)35-27(30)28-15-12-13-18-19(14-15)23(32)17-9-5-4-8-16(17)22(18)31/h4-14H,3H2,1-2H3/b26-24-,28-27?. The lowest BCUT2D eigenvalue weighted by molar-refractivity contribution is -0.122. The molecular formula is C27H19N3O3S2. The maximum Gasteiger partial charge on any atom is 0.269 e. The van der Waals surface area contributed by atoms with Crippen LogP contribution in [0.3, 0.4) is 0 Å². The average molecular weight is 498 g/mol. The summed E-state index contributed by atoms with van der Waals surface area (Å²) in [5.41, 5.74) is 3.15. The van der Waals surface area contributed by atoms with Crippen molar-refractivity contribution in [3.8, 4) is 0 Å². The van der Waals surface area contributed by atoms with E-state index in [1.165, 1.54) is 11.8 Å². The highest BCUT2D eigenvalue weighted by molar-refractivity contribution is 8.19. The van der Waals surface area contributed by atoms with Crippen molar-refractivity contribution in [1.82, 2.24) is 4.90 Å². The predicted octanol–water partition coefficient (Wildman–Crippen LogP) is 5.46. The number of anilines is 1. The number of hydrogen-bond donors (Lipinski definition) is 0. The third-order valence-electron chi connectivity index (χ3n) is 6.25. The van der Waals surface area contributed by atoms with Crippen LogP contribution in [0.2, 0.25) is 0 Å². The van der Waals surface area contributed by atoms with Crippen LogP contribution >= 0.6 is 23.5 Å². The lowest BCUT2D eigenvalue weighted by Crippen LogP contribution is -2.29. The first-order valence-electron chi connectivity index (χ1n) is 11.1. The number of ketones is 2. The summed E-state index contributed by atoms with van der Waals surface area (Å²) in [5, 5.41) is 1.44. The Labute approximate surface area is 210 Å². The summed E-state index contributed by atoms with van der Waals surface area (Å²) >= 11 is 2.92. The van der Waals surface area contributed by atoms with Gasteiger partial charge in [-0.15, -0.1) is 0 Å². The van der Waals surface area contributed by atoms with E-state index in [1.54, 1.807) is 59.1 Å². The van der Waals surface area contributed by atoms with Crippen LogP contribution in [0.15, 0.2) is 86.6 Å². The largest absolute Gasteiger partial charge is 0.337 e. The number of aliphatic imine (C=N–C) groups is 1. The van der Waals surface area contributed by atoms with Gasteiger partial charge in [0.15, 0.2) is 16.7 Å². The smallest absolute Gasteiger partial charge is 0.269 e. The quantitative estimate of drug-likeness (QED) is 0.343. The SMILES string of the molecule is CCN1C(=O)/C(=C2/Sc3ccccc3N2C)SC1=Nc1ccc2c(c1)C(=O)c1ccccc1C2=O. The fourth-order valence-corrected chi connectivity index (χ4v) is 6.87. The van der Waals surface area contributed by atoms with Crippen LogP contribution in [-0.4, -0.2) is 41.1 Å². The minimum Gasteiger partial charge on any atom is -0.337 e. The van der Waals surface area contributed by atoms with Crippen LogP contribution < -0.4 is 4.90 Å². The summed E-state index contributed by atoms with van der Waals surface area (Å²) in [6.07, 6.45) is 0. The van der Waals surface area contributed by atoms with Crippen molar-refractivity contribution >= 4 is 57.5 Å². The Morgan fingerprint density at radius 1 is 0.800 bits per heavy atom. The molecule has 0 N–H and O–H groups in total. The summed E-state index contributed by atoms with van der Waals surface area (Å²) in [6, 6.07) is 19.9. The van der Waals surface area contributed by atoms with Gasteiger partial charge < -0.3 is 4.90 Å². The third kappa shape index (κ3) is 3.36. The van der Waals surface area contributed by atoms with Crippen LogP contribution in [0.5, 0.6) is 0 Å². The maximum absolute atomic E-state index is 13.3. The monoisotopic (exact) mass is 497 g/mol. The predicted molar refractivity (Wildman–Crippen MR) is 140 cm³/mol. The van der Waals surface area contributed by atoms with Gasteiger partial charge in [-0.3, -0.25) is 19.3 Å². The zero-order valence-corrected chi connectivity index (χ0v) is 20.6. The molecule has 0 saturated carbocycles. The van der Waals surface area contributed by atoms with E-state index < -0.39 is 0 Å². The minimum absolute atomic E-state index is 0.0865. The fraction of sp³-hybridized carbons (Fsp3) is 0.111. The van der Waals surface area contributed by atoms with E-state index >= 15 is 0 Å². The highest BCUT2D eigenvalue weighted by atomic mass is 32.2. The van der Waals surface area contributed by atoms with Crippen LogP contribution in [0.25, 0.3) is 0 Å². The molecule has 8 heteroatoms. The molecule has 3 aromatic carbocycles. The summed E-state index contributed by atoms with van der Waals surface area (Å²) in [5.74, 6) is -0.441. The molecule has 1 amide bonds. The first-order valence-corrected chi connectivity index (χ1v) is 12.8. The average Bonchev–Trinajstić information content (AvgIpc) is 3.38. The zero-order chi connectivity index (χ0) is 24.3. The number of likely N-dealkylation sites (N-methyl/N-ethyl adjacent to an activating group) is 1. The van der Waals surface area contributed by atoms with E-state index in [1.807, 2.05) is 43.1 Å². The molecule has 1 saturated heterocycles. The van der Waals surface area contributed by atoms with Crippen molar-refractivity contribution in [2.45, 2.75) is 11.8 Å². The van der Waals surface area contributed by atoms with E-state index in [2.05, 4.69) is 0 Å². The number of nitrogens with zero attached hydrogens (tertiary/aromatic N) is 3. The van der Waals surface area contributed by atoms with Crippen molar-refractivity contribution in [3.05, 3.63) is 98.9 Å². The minimum atomic E-state index is -0.190. The maximum atomic E-state index is 13.3. The molecule has 0 bridgehead atoms. The molecule has 2 heterocycles. The Kier molecular flexibility index (Phi) is 5.16. The number of hydrogen-bond acceptors (Lipinski definition) is 7. The van der Waals surface area contributed by atoms with Gasteiger partial charge in [0.05, 0.1) is 16.4 Å². The molecule has 6 nitrogen and oxygen atoms in total. The topological polar surface area (TPSA) is 70.1 Å². The van der Waals surface area contributed by atoms with Crippen molar-refractivity contribution in [3.63, 3.8) is 0 Å². The lowest BCUT2D eigenvalue weighted by atomic mass is 9.84. The van der Waals surface area contributed by atoms with Gasteiger partial charge in [-0.05, 0) is 49.0 Å². The molecule has 0 atom stereocenters. The zero-order valence-electron chi connectivity index (χ0n) is 18.9. The number of thioether (sulfide) groups is 2. The molecule has 0 radical (unpaired) electrons. The van der Waals surface area contributed by atoms with Crippen molar-refractivity contribution in [1.29, 1.82) is 0 Å². The Bertz CT molecular complexity index is 1530. The van der Waals surface area contributed by atoms with E-state index in [4.69, 9.17) is 4.99 Å². The van der Waals surface area contributed by atoms with Crippen LogP contribution in [0, 0.1) is 0 Å². The second-order valence-corrected chi connectivity index (χ2v) is 10.3. The molecule has 1 aliphatic carbocycles. The van der Waals surface area contributed by atoms with Crippen LogP contribution in [0.4, 0.5) is 11.4 Å². The highest BCUT2D eigenvalue weighted by Crippen LogP contribution is 2.50. The number of amidine groups is 1. The lowest BCUT2D eigenvalue weighted by Gasteiger charge is -2.17. The van der Waals surface area contributed by atoms with Gasteiger partial charge in [-0.2, -0.15) is 0 Å². The number of rotatable bonds is 2. The Morgan fingerprint density at radius 2 is 1.46 bits per heavy atom. The van der Waals surface area contributed by atoms with Gasteiger partial charge in [0, 0.05) is 40.7 Å². The van der Waals surface area contributed by atoms with Gasteiger partial charge in [-0.25, -0.2) is 4.99 Å². The second-order valence-electron chi connectivity index (χ2n) is 8.24. The van der Waals surface area contributed by atoms with Crippen molar-refractivity contribution < 1.29 is 14.4 Å². The van der Waals surface area contributed by atoms with E-state index in [0.29, 0.717) is 44.6 Å². The molecule has 0 unspecified atom stereocenters. The van der Waals surface area contributed by atoms with E-state index in [-0.39, 0.29) is 17.5 Å². The number of amides is 1. The molecule has 0 aromatic heterocycles. The van der Waals surface area contributed by atoms with Crippen LogP contribution in [-0.2, 0) is 4.79 Å². The molecule has 6 rings (SSSR count). The first-order chi connectivity index (χ1) is 17.0. The van der Waals surface area contributed by atoms with Crippen molar-refractivity contribution in [2.75, 3.05) is 18.5 Å². The first kappa shape index (κ1) is 21.9. The molecule has 3 aliphatic rings. The Hall–Kier alpha value is -3.62.